The summed E-state index contributed by atoms with van der Waals surface area (Å²) in [5.41, 5.74) is 4.97. The molecule has 0 bridgehead atoms. The van der Waals surface area contributed by atoms with Crippen LogP contribution in [0.3, 0.4) is 0 Å². The molecular weight excluding hydrogens is 376 g/mol. The molecule has 3 unspecified atom stereocenters. The molecule has 0 aliphatic rings. The molecule has 2 aromatic rings. The van der Waals surface area contributed by atoms with Gasteiger partial charge in [0, 0.05) is 30.9 Å². The zero-order valence-electron chi connectivity index (χ0n) is 20.3. The summed E-state index contributed by atoms with van der Waals surface area (Å²) in [5.74, 6) is 1.99. The smallest absolute Gasteiger partial charge is 0.0704 e. The molecule has 0 spiro atoms. The van der Waals surface area contributed by atoms with Gasteiger partial charge in [0.25, 0.3) is 0 Å². The molecule has 1 aromatic heterocycles. The second-order valence-electron chi connectivity index (χ2n) is 8.79. The first kappa shape index (κ1) is 24.7. The van der Waals surface area contributed by atoms with Crippen molar-refractivity contribution in [3.63, 3.8) is 0 Å². The van der Waals surface area contributed by atoms with Crippen molar-refractivity contribution in [2.24, 2.45) is 17.8 Å². The maximum absolute atomic E-state index is 4.66. The van der Waals surface area contributed by atoms with Gasteiger partial charge in [-0.15, -0.1) is 6.58 Å². The Morgan fingerprint density at radius 2 is 1.81 bits per heavy atom. The quantitative estimate of drug-likeness (QED) is 0.344. The van der Waals surface area contributed by atoms with E-state index in [1.165, 1.54) is 23.1 Å². The Kier molecular flexibility index (Phi) is 9.78. The molecule has 0 fully saturated rings. The fourth-order valence-electron chi connectivity index (χ4n) is 4.63. The highest BCUT2D eigenvalue weighted by Crippen LogP contribution is 2.40. The average molecular weight is 417 g/mol. The zero-order valence-corrected chi connectivity index (χ0v) is 20.3. The normalized spacial score (nSPS) is 16.0. The van der Waals surface area contributed by atoms with Gasteiger partial charge in [0.05, 0.1) is 5.69 Å². The number of benzene rings is 1. The lowest BCUT2D eigenvalue weighted by Gasteiger charge is -2.31. The maximum atomic E-state index is 4.66. The summed E-state index contributed by atoms with van der Waals surface area (Å²) in [6.07, 6.45) is 12.7. The van der Waals surface area contributed by atoms with Crippen LogP contribution in [0.25, 0.3) is 11.3 Å². The van der Waals surface area contributed by atoms with E-state index in [9.17, 15) is 0 Å². The highest BCUT2D eigenvalue weighted by Gasteiger charge is 2.26. The van der Waals surface area contributed by atoms with Crippen LogP contribution in [-0.4, -0.2) is 16.9 Å². The molecule has 31 heavy (non-hydrogen) atoms. The molecule has 1 heterocycles. The lowest BCUT2D eigenvalue weighted by molar-refractivity contribution is 0.285. The first-order valence-electron chi connectivity index (χ1n) is 11.6. The number of hydrogen-bond acceptors (Lipinski definition) is 2. The molecule has 0 radical (unpaired) electrons. The molecule has 166 valence electrons. The molecule has 2 nitrogen and oxygen atoms in total. The molecular formula is C29H40N2. The largest absolute Gasteiger partial charge is 0.358 e. The SMILES string of the molecule is C=CC(C(C)CC(/C(C)=C\N(C)/C=C\C)c1ccccc1-c1ccccn1)[C@H](C)CC. The van der Waals surface area contributed by atoms with Crippen LogP contribution in [0.5, 0.6) is 0 Å². The van der Waals surface area contributed by atoms with E-state index in [0.29, 0.717) is 23.7 Å². The molecule has 2 heteroatoms. The molecule has 0 aliphatic heterocycles. The summed E-state index contributed by atoms with van der Waals surface area (Å²) in [4.78, 5) is 6.81. The van der Waals surface area contributed by atoms with E-state index in [0.717, 1.165) is 12.1 Å². The second kappa shape index (κ2) is 12.3. The molecule has 0 saturated carbocycles. The van der Waals surface area contributed by atoms with Gasteiger partial charge in [0.2, 0.25) is 0 Å². The van der Waals surface area contributed by atoms with Crippen molar-refractivity contribution in [3.05, 3.63) is 90.9 Å². The predicted molar refractivity (Wildman–Crippen MR) is 136 cm³/mol. The minimum absolute atomic E-state index is 0.312. The van der Waals surface area contributed by atoms with E-state index >= 15 is 0 Å². The summed E-state index contributed by atoms with van der Waals surface area (Å²) >= 11 is 0. The van der Waals surface area contributed by atoms with Crippen LogP contribution in [0, 0.1) is 17.8 Å². The highest BCUT2D eigenvalue weighted by molar-refractivity contribution is 5.65. The number of aromatic nitrogens is 1. The van der Waals surface area contributed by atoms with Gasteiger partial charge in [-0.2, -0.15) is 0 Å². The van der Waals surface area contributed by atoms with Gasteiger partial charge in [-0.05, 0) is 67.5 Å². The monoisotopic (exact) mass is 416 g/mol. The third-order valence-corrected chi connectivity index (χ3v) is 6.46. The van der Waals surface area contributed by atoms with Gasteiger partial charge in [-0.3, -0.25) is 4.98 Å². The fourth-order valence-corrected chi connectivity index (χ4v) is 4.63. The summed E-state index contributed by atoms with van der Waals surface area (Å²) < 4.78 is 0. The fraction of sp³-hybridized carbons (Fsp3) is 0.414. The minimum atomic E-state index is 0.312. The van der Waals surface area contributed by atoms with E-state index in [-0.39, 0.29) is 0 Å². The van der Waals surface area contributed by atoms with Crippen molar-refractivity contribution in [1.29, 1.82) is 0 Å². The third kappa shape index (κ3) is 6.69. The van der Waals surface area contributed by atoms with E-state index in [2.05, 4.69) is 119 Å². The van der Waals surface area contributed by atoms with Crippen LogP contribution in [0.1, 0.15) is 58.9 Å². The van der Waals surface area contributed by atoms with Crippen LogP contribution >= 0.6 is 0 Å². The van der Waals surface area contributed by atoms with Gasteiger partial charge in [-0.25, -0.2) is 0 Å². The van der Waals surface area contributed by atoms with Crippen molar-refractivity contribution in [3.8, 4) is 11.3 Å². The standard InChI is InChI=1S/C29H40N2/c1-8-19-31(7)21-24(6)28(20-23(5)25(10-3)22(4)9-2)26-15-11-12-16-27(26)29-17-13-14-18-30-29/h8,10-19,21-23,25,28H,3,9,20H2,1-2,4-7H3/b19-8-,24-21-/t22-,23?,25?,28?/m1/s1. The van der Waals surface area contributed by atoms with Crippen molar-refractivity contribution < 1.29 is 0 Å². The number of pyridine rings is 1. The summed E-state index contributed by atoms with van der Waals surface area (Å²) in [7, 11) is 2.10. The molecule has 0 N–H and O–H groups in total. The van der Waals surface area contributed by atoms with E-state index < -0.39 is 0 Å². The minimum Gasteiger partial charge on any atom is -0.358 e. The van der Waals surface area contributed by atoms with E-state index in [1.807, 2.05) is 12.3 Å². The average Bonchev–Trinajstić information content (AvgIpc) is 2.78. The van der Waals surface area contributed by atoms with Gasteiger partial charge in [0.15, 0.2) is 0 Å². The first-order valence-corrected chi connectivity index (χ1v) is 11.6. The molecule has 1 aromatic carbocycles. The topological polar surface area (TPSA) is 16.1 Å². The number of nitrogens with zero attached hydrogens (tertiary/aromatic N) is 2. The summed E-state index contributed by atoms with van der Waals surface area (Å²) in [6.45, 7) is 15.5. The van der Waals surface area contributed by atoms with E-state index in [4.69, 9.17) is 0 Å². The lowest BCUT2D eigenvalue weighted by atomic mass is 9.74. The molecule has 2 rings (SSSR count). The number of hydrogen-bond donors (Lipinski definition) is 0. The maximum Gasteiger partial charge on any atom is 0.0704 e. The van der Waals surface area contributed by atoms with Crippen LogP contribution in [0.15, 0.2) is 85.4 Å². The molecule has 0 saturated heterocycles. The van der Waals surface area contributed by atoms with E-state index in [1.54, 1.807) is 0 Å². The Bertz CT molecular complexity index is 865. The van der Waals surface area contributed by atoms with Crippen LogP contribution in [0.4, 0.5) is 0 Å². The van der Waals surface area contributed by atoms with Gasteiger partial charge in [-0.1, -0.05) is 69.7 Å². The first-order chi connectivity index (χ1) is 14.9. The van der Waals surface area contributed by atoms with Gasteiger partial charge in [0.1, 0.15) is 0 Å². The van der Waals surface area contributed by atoms with Gasteiger partial charge >= 0.3 is 0 Å². The van der Waals surface area contributed by atoms with Crippen LogP contribution in [-0.2, 0) is 0 Å². The Hall–Kier alpha value is -2.61. The third-order valence-electron chi connectivity index (χ3n) is 6.46. The van der Waals surface area contributed by atoms with Crippen molar-refractivity contribution in [2.75, 3.05) is 7.05 Å². The Balaban J connectivity index is 2.52. The summed E-state index contributed by atoms with van der Waals surface area (Å²) in [6, 6.07) is 14.9. The van der Waals surface area contributed by atoms with Gasteiger partial charge < -0.3 is 4.90 Å². The van der Waals surface area contributed by atoms with Crippen molar-refractivity contribution in [1.82, 2.24) is 9.88 Å². The molecule has 0 aliphatic carbocycles. The Morgan fingerprint density at radius 1 is 1.10 bits per heavy atom. The zero-order chi connectivity index (χ0) is 22.8. The highest BCUT2D eigenvalue weighted by atomic mass is 15.0. The lowest BCUT2D eigenvalue weighted by Crippen LogP contribution is -2.20. The number of allylic oxidation sites excluding steroid dienone is 3. The number of rotatable bonds is 11. The van der Waals surface area contributed by atoms with Crippen molar-refractivity contribution >= 4 is 0 Å². The second-order valence-corrected chi connectivity index (χ2v) is 8.79. The summed E-state index contributed by atoms with van der Waals surface area (Å²) in [5, 5.41) is 0. The molecule has 0 amide bonds. The van der Waals surface area contributed by atoms with Crippen LogP contribution < -0.4 is 0 Å². The van der Waals surface area contributed by atoms with Crippen molar-refractivity contribution in [2.45, 2.75) is 53.4 Å². The molecule has 4 atom stereocenters. The Labute approximate surface area is 190 Å². The predicted octanol–water partition coefficient (Wildman–Crippen LogP) is 8.08. The Morgan fingerprint density at radius 3 is 2.42 bits per heavy atom. The van der Waals surface area contributed by atoms with Crippen LogP contribution in [0.2, 0.25) is 0 Å².